The third-order valence-electron chi connectivity index (χ3n) is 2.75. The number of anilines is 1. The summed E-state index contributed by atoms with van der Waals surface area (Å²) in [7, 11) is 1.66. The molecular formula is C9H10ClN3O3S2. The normalized spacial score (nSPS) is 17.5. The molecule has 0 bridgehead atoms. The Morgan fingerprint density at radius 2 is 2.17 bits per heavy atom. The summed E-state index contributed by atoms with van der Waals surface area (Å²) >= 11 is 1.14. The summed E-state index contributed by atoms with van der Waals surface area (Å²) in [5.41, 5.74) is 0.695. The summed E-state index contributed by atoms with van der Waals surface area (Å²) < 4.78 is 28.8. The van der Waals surface area contributed by atoms with Gasteiger partial charge in [-0.1, -0.05) is 0 Å². The molecule has 0 atom stereocenters. The van der Waals surface area contributed by atoms with Gasteiger partial charge in [0.15, 0.2) is 5.82 Å². The number of aromatic amines is 1. The number of fused-ring (bicyclic) bond motifs is 1. The van der Waals surface area contributed by atoms with Crippen LogP contribution in [0.15, 0.2) is 10.3 Å². The second-order valence-electron chi connectivity index (χ2n) is 3.89. The van der Waals surface area contributed by atoms with Gasteiger partial charge in [0.2, 0.25) is 0 Å². The zero-order chi connectivity index (χ0) is 12.8. The molecule has 1 N–H and O–H groups in total. The Hall–Kier alpha value is -0.830. The molecule has 0 amide bonds. The van der Waals surface area contributed by atoms with Crippen molar-refractivity contribution in [3.05, 3.63) is 6.07 Å². The number of thiophene rings is 1. The zero-order valence-corrected chi connectivity index (χ0v) is 11.6. The molecule has 0 saturated carbocycles. The van der Waals surface area contributed by atoms with Gasteiger partial charge in [0.1, 0.15) is 4.21 Å². The van der Waals surface area contributed by atoms with E-state index in [1.54, 1.807) is 0 Å². The summed E-state index contributed by atoms with van der Waals surface area (Å²) in [6, 6.07) is 1.51. The second kappa shape index (κ2) is 4.37. The van der Waals surface area contributed by atoms with E-state index in [0.29, 0.717) is 18.7 Å². The predicted molar refractivity (Wildman–Crippen MR) is 70.0 cm³/mol. The lowest BCUT2D eigenvalue weighted by Crippen LogP contribution is -2.36. The Morgan fingerprint density at radius 1 is 1.44 bits per heavy atom. The molecule has 3 heterocycles. The molecule has 1 aliphatic rings. The number of rotatable bonds is 2. The average molecular weight is 308 g/mol. The first-order valence-electron chi connectivity index (χ1n) is 5.31. The van der Waals surface area contributed by atoms with E-state index in [4.69, 9.17) is 15.4 Å². The molecule has 3 rings (SSSR count). The van der Waals surface area contributed by atoms with Crippen LogP contribution < -0.4 is 4.90 Å². The number of morpholine rings is 1. The van der Waals surface area contributed by atoms with E-state index >= 15 is 0 Å². The van der Waals surface area contributed by atoms with E-state index in [1.807, 2.05) is 0 Å². The Bertz CT molecular complexity index is 672. The van der Waals surface area contributed by atoms with Crippen LogP contribution in [0.4, 0.5) is 5.82 Å². The van der Waals surface area contributed by atoms with Gasteiger partial charge >= 0.3 is 0 Å². The van der Waals surface area contributed by atoms with Crippen molar-refractivity contribution in [1.82, 2.24) is 10.2 Å². The third-order valence-corrected chi connectivity index (χ3v) is 5.95. The van der Waals surface area contributed by atoms with Crippen molar-refractivity contribution in [2.75, 3.05) is 31.2 Å². The van der Waals surface area contributed by atoms with Crippen LogP contribution in [0.1, 0.15) is 0 Å². The minimum Gasteiger partial charge on any atom is -0.378 e. The lowest BCUT2D eigenvalue weighted by atomic mass is 10.4. The zero-order valence-electron chi connectivity index (χ0n) is 9.22. The molecule has 0 aliphatic carbocycles. The fraction of sp³-hybridized carbons (Fsp3) is 0.444. The fourth-order valence-electron chi connectivity index (χ4n) is 1.89. The number of nitrogens with zero attached hydrogens (tertiary/aromatic N) is 2. The summed E-state index contributed by atoms with van der Waals surface area (Å²) in [6.45, 7) is 2.81. The minimum absolute atomic E-state index is 0.141. The summed E-state index contributed by atoms with van der Waals surface area (Å²) in [5.74, 6) is 0.768. The van der Waals surface area contributed by atoms with Crippen LogP contribution in [0.5, 0.6) is 0 Å². The maximum Gasteiger partial charge on any atom is 0.270 e. The predicted octanol–water partition coefficient (Wildman–Crippen LogP) is 1.39. The first-order valence-corrected chi connectivity index (χ1v) is 8.43. The van der Waals surface area contributed by atoms with Gasteiger partial charge in [-0.05, 0) is 6.07 Å². The topological polar surface area (TPSA) is 75.3 Å². The van der Waals surface area contributed by atoms with Gasteiger partial charge in [-0.25, -0.2) is 8.42 Å². The van der Waals surface area contributed by atoms with Crippen molar-refractivity contribution in [3.63, 3.8) is 0 Å². The summed E-state index contributed by atoms with van der Waals surface area (Å²) in [5, 5.41) is 7.05. The highest BCUT2D eigenvalue weighted by molar-refractivity contribution is 8.15. The molecule has 2 aromatic heterocycles. The van der Waals surface area contributed by atoms with Crippen molar-refractivity contribution in [2.24, 2.45) is 0 Å². The highest BCUT2D eigenvalue weighted by Gasteiger charge is 2.22. The van der Waals surface area contributed by atoms with E-state index < -0.39 is 9.05 Å². The Kier molecular flexibility index (Phi) is 2.97. The molecule has 9 heteroatoms. The van der Waals surface area contributed by atoms with Crippen LogP contribution in [0, 0.1) is 0 Å². The van der Waals surface area contributed by atoms with Gasteiger partial charge in [0, 0.05) is 23.8 Å². The van der Waals surface area contributed by atoms with Crippen molar-refractivity contribution < 1.29 is 13.2 Å². The van der Waals surface area contributed by atoms with Gasteiger partial charge in [-0.15, -0.1) is 11.3 Å². The molecule has 98 valence electrons. The van der Waals surface area contributed by atoms with Crippen LogP contribution in [-0.4, -0.2) is 44.9 Å². The van der Waals surface area contributed by atoms with E-state index in [2.05, 4.69) is 15.1 Å². The maximum atomic E-state index is 11.3. The summed E-state index contributed by atoms with van der Waals surface area (Å²) in [4.78, 5) is 2.07. The van der Waals surface area contributed by atoms with Gasteiger partial charge in [-0.2, -0.15) is 5.10 Å². The smallest absolute Gasteiger partial charge is 0.270 e. The molecule has 1 fully saturated rings. The number of hydrogen-bond acceptors (Lipinski definition) is 6. The van der Waals surface area contributed by atoms with Crippen LogP contribution in [-0.2, 0) is 13.8 Å². The fourth-order valence-corrected chi connectivity index (χ4v) is 4.07. The van der Waals surface area contributed by atoms with E-state index in [9.17, 15) is 8.42 Å². The molecule has 0 aromatic carbocycles. The summed E-state index contributed by atoms with van der Waals surface area (Å²) in [6.07, 6.45) is 0. The largest absolute Gasteiger partial charge is 0.378 e. The molecular weight excluding hydrogens is 298 g/mol. The van der Waals surface area contributed by atoms with Crippen LogP contribution >= 0.6 is 22.0 Å². The molecule has 1 saturated heterocycles. The average Bonchev–Trinajstić information content (AvgIpc) is 2.88. The minimum atomic E-state index is -3.68. The number of hydrogen-bond donors (Lipinski definition) is 1. The van der Waals surface area contributed by atoms with Crippen molar-refractivity contribution in [2.45, 2.75) is 4.21 Å². The van der Waals surface area contributed by atoms with Gasteiger partial charge in [-0.3, -0.25) is 5.10 Å². The highest BCUT2D eigenvalue weighted by Crippen LogP contribution is 2.35. The molecule has 0 radical (unpaired) electrons. The Labute approximate surface area is 112 Å². The molecule has 0 unspecified atom stereocenters. The number of H-pyrrole nitrogens is 1. The van der Waals surface area contributed by atoms with Gasteiger partial charge in [0.25, 0.3) is 9.05 Å². The van der Waals surface area contributed by atoms with Crippen LogP contribution in [0.25, 0.3) is 10.2 Å². The van der Waals surface area contributed by atoms with Crippen molar-refractivity contribution >= 4 is 47.1 Å². The van der Waals surface area contributed by atoms with Crippen molar-refractivity contribution in [1.29, 1.82) is 0 Å². The van der Waals surface area contributed by atoms with Gasteiger partial charge < -0.3 is 9.64 Å². The second-order valence-corrected chi connectivity index (χ2v) is 7.74. The first-order chi connectivity index (χ1) is 8.55. The van der Waals surface area contributed by atoms with Crippen LogP contribution in [0.2, 0.25) is 0 Å². The molecule has 0 spiro atoms. The van der Waals surface area contributed by atoms with E-state index in [1.165, 1.54) is 6.07 Å². The standard InChI is InChI=1S/C9H10ClN3O3S2/c10-18(14,15)7-5-6-8(17-7)9(12-11-6)13-1-3-16-4-2-13/h5H,1-4H2,(H,11,12). The molecule has 2 aromatic rings. The maximum absolute atomic E-state index is 11.3. The monoisotopic (exact) mass is 307 g/mol. The first kappa shape index (κ1) is 12.2. The third kappa shape index (κ3) is 2.09. The van der Waals surface area contributed by atoms with E-state index in [0.717, 1.165) is 34.9 Å². The number of halogens is 1. The Balaban J connectivity index is 2.05. The number of nitrogens with one attached hydrogen (secondary N) is 1. The lowest BCUT2D eigenvalue weighted by molar-refractivity contribution is 0.122. The number of aromatic nitrogens is 2. The highest BCUT2D eigenvalue weighted by atomic mass is 35.7. The molecule has 6 nitrogen and oxygen atoms in total. The molecule has 1 aliphatic heterocycles. The lowest BCUT2D eigenvalue weighted by Gasteiger charge is -2.26. The van der Waals surface area contributed by atoms with Crippen LogP contribution in [0.3, 0.4) is 0 Å². The molecule has 18 heavy (non-hydrogen) atoms. The SMILES string of the molecule is O=S(=O)(Cl)c1cc2[nH]nc(N3CCOCC3)c2s1. The van der Waals surface area contributed by atoms with Crippen molar-refractivity contribution in [3.8, 4) is 0 Å². The number of ether oxygens (including phenoxy) is 1. The quantitative estimate of drug-likeness (QED) is 0.849. The van der Waals surface area contributed by atoms with E-state index in [-0.39, 0.29) is 4.21 Å². The van der Waals surface area contributed by atoms with Gasteiger partial charge in [0.05, 0.1) is 23.4 Å². The Morgan fingerprint density at radius 3 is 2.83 bits per heavy atom.